The predicted molar refractivity (Wildman–Crippen MR) is 87.8 cm³/mol. The molecular weight excluding hydrogens is 274 g/mol. The van der Waals surface area contributed by atoms with E-state index in [0.29, 0.717) is 0 Å². The molecule has 0 aliphatic rings. The van der Waals surface area contributed by atoms with E-state index < -0.39 is 0 Å². The number of benzene rings is 2. The van der Waals surface area contributed by atoms with Crippen molar-refractivity contribution in [3.8, 4) is 0 Å². The molecule has 1 amide bonds. The van der Waals surface area contributed by atoms with Gasteiger partial charge in [-0.3, -0.25) is 10.0 Å². The van der Waals surface area contributed by atoms with Gasteiger partial charge in [0.25, 0.3) is 0 Å². The fraction of sp³-hybridized carbons (Fsp3) is 0.316. The van der Waals surface area contributed by atoms with Crippen molar-refractivity contribution >= 4 is 5.91 Å². The van der Waals surface area contributed by atoms with E-state index in [9.17, 15) is 4.79 Å². The van der Waals surface area contributed by atoms with E-state index in [1.165, 1.54) is 30.4 Å². The fourth-order valence-corrected chi connectivity index (χ4v) is 2.53. The molecule has 0 atom stereocenters. The molecule has 0 spiro atoms. The Labute approximate surface area is 132 Å². The summed E-state index contributed by atoms with van der Waals surface area (Å²) in [6, 6.07) is 18.6. The van der Waals surface area contributed by atoms with Crippen LogP contribution in [0.3, 0.4) is 0 Å². The lowest BCUT2D eigenvalue weighted by atomic mass is 10.0. The van der Waals surface area contributed by atoms with Crippen LogP contribution in [0.5, 0.6) is 0 Å². The van der Waals surface area contributed by atoms with Crippen molar-refractivity contribution in [3.63, 3.8) is 0 Å². The highest BCUT2D eigenvalue weighted by Gasteiger charge is 2.01. The number of unbranched alkanes of at least 4 members (excludes halogenated alkanes) is 2. The molecular formula is C19H23NO2. The molecule has 2 rings (SSSR count). The van der Waals surface area contributed by atoms with Crippen LogP contribution in [-0.2, 0) is 24.1 Å². The van der Waals surface area contributed by atoms with Crippen molar-refractivity contribution < 1.29 is 10.0 Å². The average molecular weight is 297 g/mol. The first-order valence-corrected chi connectivity index (χ1v) is 7.82. The molecule has 0 unspecified atom stereocenters. The van der Waals surface area contributed by atoms with Crippen LogP contribution in [0.25, 0.3) is 0 Å². The first kappa shape index (κ1) is 16.2. The molecule has 0 fully saturated rings. The predicted octanol–water partition coefficient (Wildman–Crippen LogP) is 3.69. The van der Waals surface area contributed by atoms with Gasteiger partial charge in [-0.1, -0.05) is 61.0 Å². The summed E-state index contributed by atoms with van der Waals surface area (Å²) in [5.74, 6) is -0.381. The van der Waals surface area contributed by atoms with Gasteiger partial charge in [0.1, 0.15) is 0 Å². The molecule has 0 bridgehead atoms. The van der Waals surface area contributed by atoms with Crippen LogP contribution in [0.15, 0.2) is 54.6 Å². The molecule has 2 aromatic rings. The Morgan fingerprint density at radius 3 is 1.91 bits per heavy atom. The largest absolute Gasteiger partial charge is 0.289 e. The molecule has 0 saturated heterocycles. The maximum atomic E-state index is 11.1. The summed E-state index contributed by atoms with van der Waals surface area (Å²) in [4.78, 5) is 11.1. The first-order chi connectivity index (χ1) is 10.8. The molecule has 2 aromatic carbocycles. The van der Waals surface area contributed by atoms with E-state index in [0.717, 1.165) is 18.4 Å². The Kier molecular flexibility index (Phi) is 6.65. The molecule has 2 N–H and O–H groups in total. The van der Waals surface area contributed by atoms with Crippen LogP contribution in [0.4, 0.5) is 0 Å². The Balaban J connectivity index is 1.65. The second-order valence-electron chi connectivity index (χ2n) is 5.57. The number of rotatable bonds is 8. The van der Waals surface area contributed by atoms with E-state index in [1.54, 1.807) is 5.48 Å². The standard InChI is InChI=1S/C19H23NO2/c21-19(20-22)15-18-13-11-17(12-14-18)10-6-2-5-9-16-7-3-1-4-8-16/h1,3-4,7-8,11-14,22H,2,5-6,9-10,15H2,(H,20,21). The summed E-state index contributed by atoms with van der Waals surface area (Å²) in [5.41, 5.74) is 5.28. The van der Waals surface area contributed by atoms with E-state index >= 15 is 0 Å². The van der Waals surface area contributed by atoms with Gasteiger partial charge in [-0.05, 0) is 42.4 Å². The topological polar surface area (TPSA) is 49.3 Å². The molecule has 3 heteroatoms. The van der Waals surface area contributed by atoms with Crippen molar-refractivity contribution in [2.75, 3.05) is 0 Å². The van der Waals surface area contributed by atoms with Crippen LogP contribution in [-0.4, -0.2) is 11.1 Å². The van der Waals surface area contributed by atoms with Gasteiger partial charge in [0.2, 0.25) is 5.91 Å². The SMILES string of the molecule is O=C(Cc1ccc(CCCCCc2ccccc2)cc1)NO. The number of carbonyl (C=O) groups is 1. The zero-order chi connectivity index (χ0) is 15.6. The van der Waals surface area contributed by atoms with Crippen LogP contribution < -0.4 is 5.48 Å². The van der Waals surface area contributed by atoms with Crippen molar-refractivity contribution in [2.24, 2.45) is 0 Å². The van der Waals surface area contributed by atoms with Gasteiger partial charge in [0.15, 0.2) is 0 Å². The van der Waals surface area contributed by atoms with Gasteiger partial charge < -0.3 is 0 Å². The number of amides is 1. The van der Waals surface area contributed by atoms with Gasteiger partial charge in [0.05, 0.1) is 6.42 Å². The number of carbonyl (C=O) groups excluding carboxylic acids is 1. The lowest BCUT2D eigenvalue weighted by Gasteiger charge is -2.04. The summed E-state index contributed by atoms with van der Waals surface area (Å²) < 4.78 is 0. The van der Waals surface area contributed by atoms with Gasteiger partial charge in [-0.25, -0.2) is 5.48 Å². The number of aryl methyl sites for hydroxylation is 2. The molecule has 3 nitrogen and oxygen atoms in total. The molecule has 0 saturated carbocycles. The summed E-state index contributed by atoms with van der Waals surface area (Å²) >= 11 is 0. The number of hydrogen-bond acceptors (Lipinski definition) is 2. The van der Waals surface area contributed by atoms with Crippen molar-refractivity contribution in [2.45, 2.75) is 38.5 Å². The number of hydrogen-bond donors (Lipinski definition) is 2. The molecule has 116 valence electrons. The molecule has 0 aliphatic carbocycles. The van der Waals surface area contributed by atoms with E-state index in [1.807, 2.05) is 12.1 Å². The molecule has 0 radical (unpaired) electrons. The Morgan fingerprint density at radius 1 is 0.773 bits per heavy atom. The molecule has 0 aromatic heterocycles. The number of nitrogens with one attached hydrogen (secondary N) is 1. The van der Waals surface area contributed by atoms with Crippen molar-refractivity contribution in [1.29, 1.82) is 0 Å². The van der Waals surface area contributed by atoms with Crippen LogP contribution >= 0.6 is 0 Å². The molecule has 0 aliphatic heterocycles. The summed E-state index contributed by atoms with van der Waals surface area (Å²) in [7, 11) is 0. The Morgan fingerprint density at radius 2 is 1.32 bits per heavy atom. The minimum absolute atomic E-state index is 0.216. The fourth-order valence-electron chi connectivity index (χ4n) is 2.53. The van der Waals surface area contributed by atoms with Gasteiger partial charge in [-0.15, -0.1) is 0 Å². The maximum absolute atomic E-state index is 11.1. The number of hydroxylamine groups is 1. The van der Waals surface area contributed by atoms with E-state index in [4.69, 9.17) is 5.21 Å². The monoisotopic (exact) mass is 297 g/mol. The third-order valence-electron chi connectivity index (χ3n) is 3.79. The zero-order valence-electron chi connectivity index (χ0n) is 12.8. The van der Waals surface area contributed by atoms with Crippen LogP contribution in [0, 0.1) is 0 Å². The molecule has 0 heterocycles. The Bertz CT molecular complexity index is 564. The zero-order valence-corrected chi connectivity index (χ0v) is 12.8. The second kappa shape index (κ2) is 9.00. The van der Waals surface area contributed by atoms with Crippen molar-refractivity contribution in [3.05, 3.63) is 71.3 Å². The quantitative estimate of drug-likeness (QED) is 0.443. The van der Waals surface area contributed by atoms with Crippen LogP contribution in [0.2, 0.25) is 0 Å². The second-order valence-corrected chi connectivity index (χ2v) is 5.57. The van der Waals surface area contributed by atoms with Gasteiger partial charge >= 0.3 is 0 Å². The summed E-state index contributed by atoms with van der Waals surface area (Å²) in [6.07, 6.45) is 6.07. The Hall–Kier alpha value is -2.13. The first-order valence-electron chi connectivity index (χ1n) is 7.82. The summed E-state index contributed by atoms with van der Waals surface area (Å²) in [6.45, 7) is 0. The third-order valence-corrected chi connectivity index (χ3v) is 3.79. The normalized spacial score (nSPS) is 10.4. The van der Waals surface area contributed by atoms with Gasteiger partial charge in [0, 0.05) is 0 Å². The summed E-state index contributed by atoms with van der Waals surface area (Å²) in [5, 5.41) is 8.50. The van der Waals surface area contributed by atoms with E-state index in [-0.39, 0.29) is 12.3 Å². The highest BCUT2D eigenvalue weighted by atomic mass is 16.5. The van der Waals surface area contributed by atoms with Gasteiger partial charge in [-0.2, -0.15) is 0 Å². The van der Waals surface area contributed by atoms with Crippen molar-refractivity contribution in [1.82, 2.24) is 5.48 Å². The van der Waals surface area contributed by atoms with E-state index in [2.05, 4.69) is 42.5 Å². The minimum Gasteiger partial charge on any atom is -0.289 e. The molecule has 22 heavy (non-hydrogen) atoms. The maximum Gasteiger partial charge on any atom is 0.247 e. The smallest absolute Gasteiger partial charge is 0.247 e. The lowest BCUT2D eigenvalue weighted by molar-refractivity contribution is -0.128. The third kappa shape index (κ3) is 5.70. The van der Waals surface area contributed by atoms with Crippen LogP contribution in [0.1, 0.15) is 36.0 Å². The highest BCUT2D eigenvalue weighted by Crippen LogP contribution is 2.11. The lowest BCUT2D eigenvalue weighted by Crippen LogP contribution is -2.20. The average Bonchev–Trinajstić information content (AvgIpc) is 2.57. The minimum atomic E-state index is -0.381. The highest BCUT2D eigenvalue weighted by molar-refractivity contribution is 5.77.